The second kappa shape index (κ2) is 5.96. The van der Waals surface area contributed by atoms with E-state index >= 15 is 0 Å². The van der Waals surface area contributed by atoms with Gasteiger partial charge in [0.15, 0.2) is 5.58 Å². The molecule has 118 valence electrons. The molecule has 3 rings (SSSR count). The Morgan fingerprint density at radius 3 is 2.59 bits per heavy atom. The van der Waals surface area contributed by atoms with Crippen molar-refractivity contribution in [2.45, 2.75) is 19.9 Å². The molecule has 0 aliphatic carbocycles. The zero-order valence-electron chi connectivity index (χ0n) is 13.0. The molecule has 1 aromatic heterocycles. The van der Waals surface area contributed by atoms with Crippen LogP contribution in [0.3, 0.4) is 0 Å². The van der Waals surface area contributed by atoms with Crippen molar-refractivity contribution in [2.75, 3.05) is 32.7 Å². The standard InChI is InChI=1S/C16H21N3O3/c1-3-17-8-10-18(11-9-17)15(20)12(2)19-13-6-4-5-7-14(13)22-16(19)21/h4-7,12H,3,8-11H2,1-2H3. The van der Waals surface area contributed by atoms with Gasteiger partial charge in [-0.05, 0) is 25.6 Å². The summed E-state index contributed by atoms with van der Waals surface area (Å²) in [6.45, 7) is 8.08. The van der Waals surface area contributed by atoms with Gasteiger partial charge in [-0.2, -0.15) is 0 Å². The number of para-hydroxylation sites is 2. The molecule has 1 amide bonds. The van der Waals surface area contributed by atoms with Crippen LogP contribution >= 0.6 is 0 Å². The normalized spacial score (nSPS) is 17.8. The maximum atomic E-state index is 12.7. The Bertz CT molecular complexity index is 726. The molecule has 0 bridgehead atoms. The molecule has 0 saturated carbocycles. The molecule has 2 aromatic rings. The molecular weight excluding hydrogens is 282 g/mol. The number of aromatic nitrogens is 1. The van der Waals surface area contributed by atoms with Crippen molar-refractivity contribution in [1.29, 1.82) is 0 Å². The van der Waals surface area contributed by atoms with Crippen LogP contribution in [-0.4, -0.2) is 53.0 Å². The number of carbonyl (C=O) groups is 1. The van der Waals surface area contributed by atoms with E-state index in [1.807, 2.05) is 17.0 Å². The molecule has 22 heavy (non-hydrogen) atoms. The van der Waals surface area contributed by atoms with Gasteiger partial charge in [-0.3, -0.25) is 9.36 Å². The minimum atomic E-state index is -0.552. The average Bonchev–Trinajstić information content (AvgIpc) is 2.89. The molecule has 1 saturated heterocycles. The van der Waals surface area contributed by atoms with Crippen LogP contribution in [0.5, 0.6) is 0 Å². The maximum absolute atomic E-state index is 12.7. The van der Waals surface area contributed by atoms with Crippen LogP contribution in [-0.2, 0) is 4.79 Å². The number of amides is 1. The lowest BCUT2D eigenvalue weighted by Crippen LogP contribution is -2.50. The van der Waals surface area contributed by atoms with Crippen molar-refractivity contribution in [1.82, 2.24) is 14.4 Å². The predicted molar refractivity (Wildman–Crippen MR) is 83.9 cm³/mol. The van der Waals surface area contributed by atoms with Gasteiger partial charge in [0.25, 0.3) is 0 Å². The van der Waals surface area contributed by atoms with Crippen LogP contribution in [0.15, 0.2) is 33.5 Å². The predicted octanol–water partition coefficient (Wildman–Crippen LogP) is 1.32. The fraction of sp³-hybridized carbons (Fsp3) is 0.500. The minimum Gasteiger partial charge on any atom is -0.408 e. The van der Waals surface area contributed by atoms with Crippen molar-refractivity contribution < 1.29 is 9.21 Å². The number of likely N-dealkylation sites (N-methyl/N-ethyl adjacent to an activating group) is 1. The van der Waals surface area contributed by atoms with E-state index in [4.69, 9.17) is 4.42 Å². The third-order valence-corrected chi connectivity index (χ3v) is 4.39. The SMILES string of the molecule is CCN1CCN(C(=O)C(C)n2c(=O)oc3ccccc32)CC1. The van der Waals surface area contributed by atoms with Crippen molar-refractivity contribution in [3.8, 4) is 0 Å². The Morgan fingerprint density at radius 2 is 1.91 bits per heavy atom. The van der Waals surface area contributed by atoms with Gasteiger partial charge >= 0.3 is 5.76 Å². The monoisotopic (exact) mass is 303 g/mol. The molecule has 0 N–H and O–H groups in total. The molecule has 1 atom stereocenters. The highest BCUT2D eigenvalue weighted by Gasteiger charge is 2.27. The third-order valence-electron chi connectivity index (χ3n) is 4.39. The number of oxazole rings is 1. The highest BCUT2D eigenvalue weighted by atomic mass is 16.4. The first-order chi connectivity index (χ1) is 10.6. The summed E-state index contributed by atoms with van der Waals surface area (Å²) in [5.41, 5.74) is 1.18. The summed E-state index contributed by atoms with van der Waals surface area (Å²) in [7, 11) is 0. The van der Waals surface area contributed by atoms with Crippen LogP contribution < -0.4 is 5.76 Å². The summed E-state index contributed by atoms with van der Waals surface area (Å²) in [4.78, 5) is 28.9. The summed E-state index contributed by atoms with van der Waals surface area (Å²) in [5.74, 6) is -0.501. The molecule has 0 spiro atoms. The number of nitrogens with zero attached hydrogens (tertiary/aromatic N) is 3. The first kappa shape index (κ1) is 14.8. The minimum absolute atomic E-state index is 0.0237. The Labute approximate surface area is 128 Å². The molecule has 1 aliphatic heterocycles. The molecule has 6 heteroatoms. The second-order valence-corrected chi connectivity index (χ2v) is 5.64. The summed E-state index contributed by atoms with van der Waals surface area (Å²) < 4.78 is 6.67. The van der Waals surface area contributed by atoms with Crippen molar-refractivity contribution >= 4 is 17.0 Å². The molecular formula is C16H21N3O3. The van der Waals surface area contributed by atoms with Crippen LogP contribution in [0.2, 0.25) is 0 Å². The van der Waals surface area contributed by atoms with Gasteiger partial charge < -0.3 is 14.2 Å². The Kier molecular flexibility index (Phi) is 4.02. The molecule has 1 fully saturated rings. The van der Waals surface area contributed by atoms with Gasteiger partial charge in [-0.15, -0.1) is 0 Å². The van der Waals surface area contributed by atoms with E-state index in [-0.39, 0.29) is 5.91 Å². The molecule has 1 unspecified atom stereocenters. The van der Waals surface area contributed by atoms with E-state index in [1.54, 1.807) is 19.1 Å². The lowest BCUT2D eigenvalue weighted by atomic mass is 10.2. The maximum Gasteiger partial charge on any atom is 0.420 e. The molecule has 1 aliphatic rings. The summed E-state index contributed by atoms with van der Waals surface area (Å²) in [6.07, 6.45) is 0. The second-order valence-electron chi connectivity index (χ2n) is 5.64. The highest BCUT2D eigenvalue weighted by Crippen LogP contribution is 2.18. The zero-order valence-corrected chi connectivity index (χ0v) is 13.0. The number of fused-ring (bicyclic) bond motifs is 1. The van der Waals surface area contributed by atoms with Crippen molar-refractivity contribution in [2.24, 2.45) is 0 Å². The lowest BCUT2D eigenvalue weighted by Gasteiger charge is -2.35. The van der Waals surface area contributed by atoms with Gasteiger partial charge in [-0.25, -0.2) is 4.79 Å². The van der Waals surface area contributed by atoms with E-state index in [2.05, 4.69) is 11.8 Å². The first-order valence-corrected chi connectivity index (χ1v) is 7.73. The number of hydrogen-bond donors (Lipinski definition) is 0. The van der Waals surface area contributed by atoms with E-state index in [0.717, 1.165) is 19.6 Å². The largest absolute Gasteiger partial charge is 0.420 e. The number of rotatable bonds is 3. The summed E-state index contributed by atoms with van der Waals surface area (Å²) >= 11 is 0. The van der Waals surface area contributed by atoms with Gasteiger partial charge in [0, 0.05) is 26.2 Å². The Morgan fingerprint density at radius 1 is 1.23 bits per heavy atom. The first-order valence-electron chi connectivity index (χ1n) is 7.73. The fourth-order valence-corrected chi connectivity index (χ4v) is 3.01. The molecule has 2 heterocycles. The Balaban J connectivity index is 1.84. The topological polar surface area (TPSA) is 58.7 Å². The number of benzene rings is 1. The summed E-state index contributed by atoms with van der Waals surface area (Å²) in [6, 6.07) is 6.64. The van der Waals surface area contributed by atoms with E-state index in [1.165, 1.54) is 4.57 Å². The van der Waals surface area contributed by atoms with Crippen LogP contribution in [0.25, 0.3) is 11.1 Å². The number of hydrogen-bond acceptors (Lipinski definition) is 4. The average molecular weight is 303 g/mol. The number of piperazine rings is 1. The quantitative estimate of drug-likeness (QED) is 0.858. The van der Waals surface area contributed by atoms with E-state index in [0.29, 0.717) is 24.2 Å². The fourth-order valence-electron chi connectivity index (χ4n) is 3.01. The molecule has 0 radical (unpaired) electrons. The zero-order chi connectivity index (χ0) is 15.7. The molecule has 1 aromatic carbocycles. The van der Waals surface area contributed by atoms with Crippen LogP contribution in [0.4, 0.5) is 0 Å². The van der Waals surface area contributed by atoms with E-state index < -0.39 is 11.8 Å². The number of carbonyl (C=O) groups excluding carboxylic acids is 1. The van der Waals surface area contributed by atoms with Crippen LogP contribution in [0.1, 0.15) is 19.9 Å². The lowest BCUT2D eigenvalue weighted by molar-refractivity contribution is -0.136. The van der Waals surface area contributed by atoms with Crippen molar-refractivity contribution in [3.05, 3.63) is 34.8 Å². The Hall–Kier alpha value is -2.08. The smallest absolute Gasteiger partial charge is 0.408 e. The van der Waals surface area contributed by atoms with Gasteiger partial charge in [-0.1, -0.05) is 19.1 Å². The summed E-state index contributed by atoms with van der Waals surface area (Å²) in [5, 5.41) is 0. The van der Waals surface area contributed by atoms with Crippen molar-refractivity contribution in [3.63, 3.8) is 0 Å². The molecule has 6 nitrogen and oxygen atoms in total. The third kappa shape index (κ3) is 2.54. The van der Waals surface area contributed by atoms with Crippen LogP contribution in [0, 0.1) is 0 Å². The van der Waals surface area contributed by atoms with E-state index in [9.17, 15) is 9.59 Å². The highest BCUT2D eigenvalue weighted by molar-refractivity contribution is 5.83. The van der Waals surface area contributed by atoms with Gasteiger partial charge in [0.1, 0.15) is 6.04 Å². The van der Waals surface area contributed by atoms with Gasteiger partial charge in [0.05, 0.1) is 5.52 Å². The van der Waals surface area contributed by atoms with Gasteiger partial charge in [0.2, 0.25) is 5.91 Å².